The Bertz CT molecular complexity index is 227. The van der Waals surface area contributed by atoms with Crippen molar-refractivity contribution in [2.75, 3.05) is 0 Å². The molecule has 0 fully saturated rings. The van der Waals surface area contributed by atoms with Gasteiger partial charge in [-0.2, -0.15) is 0 Å². The normalized spacial score (nSPS) is 32.2. The van der Waals surface area contributed by atoms with Crippen molar-refractivity contribution in [3.8, 4) is 0 Å². The van der Waals surface area contributed by atoms with E-state index in [1.807, 2.05) is 0 Å². The average molecular weight is 235 g/mol. The van der Waals surface area contributed by atoms with Gasteiger partial charge in [-0.15, -0.1) is 23.2 Å². The van der Waals surface area contributed by atoms with Gasteiger partial charge < -0.3 is 5.32 Å². The smallest absolute Gasteiger partial charge is 0.245 e. The molecule has 1 aliphatic rings. The molecule has 0 aromatic carbocycles. The molecular weight excluding hydrogens is 232 g/mol. The number of halogens is 4. The summed E-state index contributed by atoms with van der Waals surface area (Å²) in [7, 11) is 0. The second-order valence-corrected chi connectivity index (χ2v) is 3.68. The standard InChI is InChI=1S/C5H3Cl4NO/c6-1-2(7)4(9)10-5(11)3(1)8/h1,3H,(H,10,11). The van der Waals surface area contributed by atoms with Crippen LogP contribution in [-0.2, 0) is 4.79 Å². The molecule has 1 amide bonds. The van der Waals surface area contributed by atoms with Crippen LogP contribution in [0.1, 0.15) is 0 Å². The highest BCUT2D eigenvalue weighted by Gasteiger charge is 2.33. The summed E-state index contributed by atoms with van der Waals surface area (Å²) in [6.45, 7) is 0. The summed E-state index contributed by atoms with van der Waals surface area (Å²) < 4.78 is 0. The van der Waals surface area contributed by atoms with Gasteiger partial charge in [0, 0.05) is 0 Å². The number of alkyl halides is 2. The number of hydrogen-bond acceptors (Lipinski definition) is 1. The van der Waals surface area contributed by atoms with Gasteiger partial charge in [-0.25, -0.2) is 0 Å². The largest absolute Gasteiger partial charge is 0.314 e. The van der Waals surface area contributed by atoms with Gasteiger partial charge in [0.2, 0.25) is 5.91 Å². The Labute approximate surface area is 83.4 Å². The molecule has 0 bridgehead atoms. The molecule has 1 rings (SSSR count). The topological polar surface area (TPSA) is 29.1 Å². The Morgan fingerprint density at radius 3 is 2.27 bits per heavy atom. The van der Waals surface area contributed by atoms with Crippen molar-refractivity contribution in [1.29, 1.82) is 0 Å². The number of rotatable bonds is 0. The Morgan fingerprint density at radius 1 is 1.18 bits per heavy atom. The van der Waals surface area contributed by atoms with Gasteiger partial charge in [0.15, 0.2) is 0 Å². The van der Waals surface area contributed by atoms with E-state index in [-0.39, 0.29) is 10.2 Å². The van der Waals surface area contributed by atoms with Crippen LogP contribution in [-0.4, -0.2) is 16.7 Å². The summed E-state index contributed by atoms with van der Waals surface area (Å²) in [5, 5.41) is 0.899. The first-order valence-corrected chi connectivity index (χ1v) is 4.31. The predicted octanol–water partition coefficient (Wildman–Crippen LogP) is 1.98. The van der Waals surface area contributed by atoms with Crippen LogP contribution in [0, 0.1) is 0 Å². The zero-order valence-corrected chi connectivity index (χ0v) is 8.10. The lowest BCUT2D eigenvalue weighted by Crippen LogP contribution is -2.40. The zero-order valence-electron chi connectivity index (χ0n) is 5.07. The Hall–Kier alpha value is 0.370. The second kappa shape index (κ2) is 3.40. The number of allylic oxidation sites excluding steroid dienone is 1. The number of nitrogens with one attached hydrogen (secondary N) is 1. The summed E-state index contributed by atoms with van der Waals surface area (Å²) in [5.74, 6) is -0.430. The third-order valence-electron chi connectivity index (χ3n) is 1.19. The molecule has 1 N–H and O–H groups in total. The maximum atomic E-state index is 10.9. The van der Waals surface area contributed by atoms with Gasteiger partial charge in [-0.05, 0) is 0 Å². The molecule has 0 spiro atoms. The van der Waals surface area contributed by atoms with Crippen molar-refractivity contribution >= 4 is 52.3 Å². The summed E-state index contributed by atoms with van der Waals surface area (Å²) in [6, 6.07) is 0. The van der Waals surface area contributed by atoms with E-state index in [4.69, 9.17) is 46.4 Å². The van der Waals surface area contributed by atoms with Gasteiger partial charge in [-0.3, -0.25) is 4.79 Å². The van der Waals surface area contributed by atoms with E-state index in [9.17, 15) is 4.79 Å². The summed E-state index contributed by atoms with van der Waals surface area (Å²) >= 11 is 22.3. The Morgan fingerprint density at radius 2 is 1.73 bits per heavy atom. The maximum absolute atomic E-state index is 10.9. The molecule has 0 aromatic rings. The van der Waals surface area contributed by atoms with E-state index in [1.165, 1.54) is 0 Å². The molecule has 0 aromatic heterocycles. The van der Waals surface area contributed by atoms with Crippen LogP contribution in [0.3, 0.4) is 0 Å². The monoisotopic (exact) mass is 233 g/mol. The molecule has 0 saturated heterocycles. The van der Waals surface area contributed by atoms with Crippen LogP contribution in [0.5, 0.6) is 0 Å². The van der Waals surface area contributed by atoms with Crippen molar-refractivity contribution in [2.45, 2.75) is 10.8 Å². The first-order valence-electron chi connectivity index (χ1n) is 2.68. The molecule has 6 heteroatoms. The first-order chi connectivity index (χ1) is 5.04. The number of carbonyl (C=O) groups is 1. The molecule has 0 radical (unpaired) electrons. The minimum absolute atomic E-state index is 0.0496. The maximum Gasteiger partial charge on any atom is 0.245 e. The zero-order chi connectivity index (χ0) is 8.59. The molecule has 2 nitrogen and oxygen atoms in total. The van der Waals surface area contributed by atoms with Gasteiger partial charge >= 0.3 is 0 Å². The SMILES string of the molecule is O=C1NC(Cl)=C(Cl)C(Cl)C1Cl. The van der Waals surface area contributed by atoms with Gasteiger partial charge in [0.1, 0.15) is 10.5 Å². The van der Waals surface area contributed by atoms with Gasteiger partial charge in [0.25, 0.3) is 0 Å². The van der Waals surface area contributed by atoms with Crippen molar-refractivity contribution in [1.82, 2.24) is 5.32 Å². The molecule has 2 unspecified atom stereocenters. The number of amides is 1. The molecule has 1 aliphatic heterocycles. The lowest BCUT2D eigenvalue weighted by molar-refractivity contribution is -0.120. The highest BCUT2D eigenvalue weighted by Crippen LogP contribution is 2.29. The minimum atomic E-state index is -0.855. The van der Waals surface area contributed by atoms with Crippen LogP contribution in [0.25, 0.3) is 0 Å². The molecule has 2 atom stereocenters. The molecule has 0 aliphatic carbocycles. The fraction of sp³-hybridized carbons (Fsp3) is 0.400. The van der Waals surface area contributed by atoms with Crippen LogP contribution in [0.15, 0.2) is 10.2 Å². The third-order valence-corrected chi connectivity index (χ3v) is 3.17. The summed E-state index contributed by atoms with van der Waals surface area (Å²) in [4.78, 5) is 10.9. The van der Waals surface area contributed by atoms with Crippen molar-refractivity contribution in [2.24, 2.45) is 0 Å². The summed E-state index contributed by atoms with van der Waals surface area (Å²) in [6.07, 6.45) is 0. The number of hydrogen-bond donors (Lipinski definition) is 1. The van der Waals surface area contributed by atoms with Crippen molar-refractivity contribution in [3.05, 3.63) is 10.2 Å². The Balaban J connectivity index is 2.95. The second-order valence-electron chi connectivity index (χ2n) is 1.95. The molecule has 62 valence electrons. The van der Waals surface area contributed by atoms with E-state index in [0.29, 0.717) is 0 Å². The van der Waals surface area contributed by atoms with Crippen molar-refractivity contribution in [3.63, 3.8) is 0 Å². The lowest BCUT2D eigenvalue weighted by atomic mass is 10.2. The lowest BCUT2D eigenvalue weighted by Gasteiger charge is -2.21. The fourth-order valence-electron chi connectivity index (χ4n) is 0.619. The van der Waals surface area contributed by atoms with Crippen LogP contribution in [0.2, 0.25) is 0 Å². The predicted molar refractivity (Wildman–Crippen MR) is 46.2 cm³/mol. The van der Waals surface area contributed by atoms with Crippen LogP contribution >= 0.6 is 46.4 Å². The van der Waals surface area contributed by atoms with E-state index in [2.05, 4.69) is 5.32 Å². The van der Waals surface area contributed by atoms with Crippen LogP contribution < -0.4 is 5.32 Å². The first kappa shape index (κ1) is 9.46. The Kier molecular flexibility index (Phi) is 2.92. The summed E-state index contributed by atoms with van der Waals surface area (Å²) in [5.41, 5.74) is 0. The van der Waals surface area contributed by atoms with Gasteiger partial charge in [0.05, 0.1) is 10.4 Å². The minimum Gasteiger partial charge on any atom is -0.314 e. The van der Waals surface area contributed by atoms with E-state index in [1.54, 1.807) is 0 Å². The molecule has 1 heterocycles. The molecular formula is C5H3Cl4NO. The third kappa shape index (κ3) is 1.75. The van der Waals surface area contributed by atoms with E-state index < -0.39 is 16.7 Å². The highest BCUT2D eigenvalue weighted by molar-refractivity contribution is 6.49. The van der Waals surface area contributed by atoms with E-state index >= 15 is 0 Å². The van der Waals surface area contributed by atoms with E-state index in [0.717, 1.165) is 0 Å². The van der Waals surface area contributed by atoms with Gasteiger partial charge in [-0.1, -0.05) is 23.2 Å². The molecule has 11 heavy (non-hydrogen) atoms. The molecule has 0 saturated carbocycles. The number of carbonyl (C=O) groups excluding carboxylic acids is 1. The fourth-order valence-corrected chi connectivity index (χ4v) is 1.53. The average Bonchev–Trinajstić information content (AvgIpc) is 1.97. The quantitative estimate of drug-likeness (QED) is 0.504. The van der Waals surface area contributed by atoms with Crippen LogP contribution in [0.4, 0.5) is 0 Å². The highest BCUT2D eigenvalue weighted by atomic mass is 35.5. The van der Waals surface area contributed by atoms with Crippen molar-refractivity contribution < 1.29 is 4.79 Å².